The average Bonchev–Trinajstić information content (AvgIpc) is 2.37. The van der Waals surface area contributed by atoms with E-state index in [2.05, 4.69) is 20.6 Å². The zero-order valence-electron chi connectivity index (χ0n) is 11.5. The van der Waals surface area contributed by atoms with E-state index < -0.39 is 4.92 Å². The Labute approximate surface area is 116 Å². The maximum absolute atomic E-state index is 11.2. The number of nitrogens with zero attached hydrogens (tertiary/aromatic N) is 3. The Morgan fingerprint density at radius 3 is 2.60 bits per heavy atom. The van der Waals surface area contributed by atoms with Crippen molar-refractivity contribution in [3.8, 4) is 0 Å². The van der Waals surface area contributed by atoms with Crippen LogP contribution in [0.25, 0.3) is 0 Å². The van der Waals surface area contributed by atoms with Gasteiger partial charge in [0.2, 0.25) is 11.8 Å². The van der Waals surface area contributed by atoms with Crippen molar-refractivity contribution in [3.05, 3.63) is 45.6 Å². The van der Waals surface area contributed by atoms with Gasteiger partial charge in [-0.2, -0.15) is 4.98 Å². The van der Waals surface area contributed by atoms with E-state index in [4.69, 9.17) is 0 Å². The fourth-order valence-corrected chi connectivity index (χ4v) is 1.84. The molecule has 2 N–H and O–H groups in total. The van der Waals surface area contributed by atoms with Gasteiger partial charge >= 0.3 is 5.69 Å². The van der Waals surface area contributed by atoms with Crippen molar-refractivity contribution >= 4 is 23.1 Å². The van der Waals surface area contributed by atoms with E-state index >= 15 is 0 Å². The lowest BCUT2D eigenvalue weighted by atomic mass is 10.2. The first-order chi connectivity index (χ1) is 9.51. The van der Waals surface area contributed by atoms with Crippen molar-refractivity contribution in [1.82, 2.24) is 9.97 Å². The normalized spacial score (nSPS) is 10.2. The molecule has 0 atom stereocenters. The SMILES string of the molecule is CNc1nc(C)c([N+](=O)[O-])c(Nc2cccc(C)c2)n1. The number of aromatic nitrogens is 2. The van der Waals surface area contributed by atoms with Crippen LogP contribution in [-0.4, -0.2) is 21.9 Å². The van der Waals surface area contributed by atoms with Crippen LogP contribution in [0, 0.1) is 24.0 Å². The number of aryl methyl sites for hydroxylation is 2. The third-order valence-corrected chi connectivity index (χ3v) is 2.75. The zero-order chi connectivity index (χ0) is 14.7. The Kier molecular flexibility index (Phi) is 3.79. The monoisotopic (exact) mass is 273 g/mol. The number of anilines is 3. The maximum atomic E-state index is 11.2. The van der Waals surface area contributed by atoms with E-state index in [-0.39, 0.29) is 11.5 Å². The molecular weight excluding hydrogens is 258 g/mol. The third-order valence-electron chi connectivity index (χ3n) is 2.75. The van der Waals surface area contributed by atoms with Crippen LogP contribution in [-0.2, 0) is 0 Å². The van der Waals surface area contributed by atoms with E-state index in [0.29, 0.717) is 11.6 Å². The van der Waals surface area contributed by atoms with Crippen molar-refractivity contribution in [2.24, 2.45) is 0 Å². The van der Waals surface area contributed by atoms with Gasteiger partial charge in [-0.15, -0.1) is 0 Å². The van der Waals surface area contributed by atoms with Gasteiger partial charge in [-0.05, 0) is 31.5 Å². The van der Waals surface area contributed by atoms with Crippen LogP contribution in [0.3, 0.4) is 0 Å². The Bertz CT molecular complexity index is 657. The van der Waals surface area contributed by atoms with Crippen molar-refractivity contribution in [3.63, 3.8) is 0 Å². The van der Waals surface area contributed by atoms with Crippen LogP contribution in [0.4, 0.5) is 23.1 Å². The number of rotatable bonds is 4. The molecule has 0 aliphatic rings. The molecule has 0 saturated carbocycles. The second kappa shape index (κ2) is 5.52. The van der Waals surface area contributed by atoms with Crippen LogP contribution >= 0.6 is 0 Å². The molecule has 1 aromatic carbocycles. The zero-order valence-corrected chi connectivity index (χ0v) is 11.5. The molecule has 0 radical (unpaired) electrons. The van der Waals surface area contributed by atoms with Crippen molar-refractivity contribution < 1.29 is 4.92 Å². The van der Waals surface area contributed by atoms with Crippen molar-refractivity contribution in [2.45, 2.75) is 13.8 Å². The fraction of sp³-hybridized carbons (Fsp3) is 0.231. The summed E-state index contributed by atoms with van der Waals surface area (Å²) in [5.74, 6) is 0.515. The molecular formula is C13H15N5O2. The summed E-state index contributed by atoms with van der Waals surface area (Å²) in [5, 5.41) is 16.9. The molecule has 20 heavy (non-hydrogen) atoms. The highest BCUT2D eigenvalue weighted by Crippen LogP contribution is 2.29. The predicted molar refractivity (Wildman–Crippen MR) is 77.4 cm³/mol. The lowest BCUT2D eigenvalue weighted by Crippen LogP contribution is -2.07. The Morgan fingerprint density at radius 1 is 1.25 bits per heavy atom. The summed E-state index contributed by atoms with van der Waals surface area (Å²) < 4.78 is 0. The van der Waals surface area contributed by atoms with Gasteiger partial charge in [0.25, 0.3) is 0 Å². The molecule has 1 aromatic heterocycles. The molecule has 2 aromatic rings. The molecule has 1 heterocycles. The van der Waals surface area contributed by atoms with Gasteiger partial charge in [0, 0.05) is 12.7 Å². The third kappa shape index (κ3) is 2.82. The van der Waals surface area contributed by atoms with Crippen LogP contribution in [0.2, 0.25) is 0 Å². The van der Waals surface area contributed by atoms with Crippen molar-refractivity contribution in [2.75, 3.05) is 17.7 Å². The van der Waals surface area contributed by atoms with Gasteiger partial charge in [0.1, 0.15) is 5.69 Å². The highest BCUT2D eigenvalue weighted by Gasteiger charge is 2.22. The van der Waals surface area contributed by atoms with E-state index in [1.807, 2.05) is 31.2 Å². The smallest absolute Gasteiger partial charge is 0.332 e. The summed E-state index contributed by atoms with van der Waals surface area (Å²) in [6.07, 6.45) is 0. The topological polar surface area (TPSA) is 93.0 Å². The first-order valence-corrected chi connectivity index (χ1v) is 6.05. The lowest BCUT2D eigenvalue weighted by molar-refractivity contribution is -0.385. The van der Waals surface area contributed by atoms with Gasteiger partial charge in [0.15, 0.2) is 0 Å². The van der Waals surface area contributed by atoms with Crippen LogP contribution in [0.15, 0.2) is 24.3 Å². The summed E-state index contributed by atoms with van der Waals surface area (Å²) in [4.78, 5) is 18.8. The fourth-order valence-electron chi connectivity index (χ4n) is 1.84. The van der Waals surface area contributed by atoms with E-state index in [1.54, 1.807) is 14.0 Å². The van der Waals surface area contributed by atoms with Gasteiger partial charge in [-0.25, -0.2) is 4.98 Å². The molecule has 0 amide bonds. The molecule has 0 aliphatic heterocycles. The Hall–Kier alpha value is -2.70. The van der Waals surface area contributed by atoms with Crippen LogP contribution < -0.4 is 10.6 Å². The second-order valence-electron chi connectivity index (χ2n) is 4.33. The standard InChI is InChI=1S/C13H15N5O2/c1-8-5-4-6-10(7-8)16-12-11(18(19)20)9(2)15-13(14-3)17-12/h4-7H,1-3H3,(H2,14,15,16,17). The minimum Gasteiger partial charge on any atom is -0.357 e. The number of hydrogen-bond donors (Lipinski definition) is 2. The Morgan fingerprint density at radius 2 is 2.00 bits per heavy atom. The number of nitro groups is 1. The highest BCUT2D eigenvalue weighted by molar-refractivity contribution is 5.68. The maximum Gasteiger partial charge on any atom is 0.332 e. The molecule has 7 heteroatoms. The van der Waals surface area contributed by atoms with Crippen LogP contribution in [0.1, 0.15) is 11.3 Å². The summed E-state index contributed by atoms with van der Waals surface area (Å²) in [5.41, 5.74) is 1.99. The molecule has 7 nitrogen and oxygen atoms in total. The Balaban J connectivity index is 2.48. The molecule has 0 aliphatic carbocycles. The van der Waals surface area contributed by atoms with E-state index in [1.165, 1.54) is 0 Å². The first kappa shape index (κ1) is 13.7. The molecule has 0 saturated heterocycles. The van der Waals surface area contributed by atoms with Crippen molar-refractivity contribution in [1.29, 1.82) is 0 Å². The van der Waals surface area contributed by atoms with Gasteiger partial charge < -0.3 is 10.6 Å². The number of hydrogen-bond acceptors (Lipinski definition) is 6. The van der Waals surface area contributed by atoms with Crippen LogP contribution in [0.5, 0.6) is 0 Å². The highest BCUT2D eigenvalue weighted by atomic mass is 16.6. The molecule has 104 valence electrons. The minimum absolute atomic E-state index is 0.120. The number of nitrogens with one attached hydrogen (secondary N) is 2. The molecule has 2 rings (SSSR count). The van der Waals surface area contributed by atoms with Gasteiger partial charge in [-0.1, -0.05) is 12.1 Å². The largest absolute Gasteiger partial charge is 0.357 e. The average molecular weight is 273 g/mol. The first-order valence-electron chi connectivity index (χ1n) is 6.05. The minimum atomic E-state index is -0.479. The molecule has 0 spiro atoms. The summed E-state index contributed by atoms with van der Waals surface area (Å²) >= 11 is 0. The number of benzene rings is 1. The summed E-state index contributed by atoms with van der Waals surface area (Å²) in [6.45, 7) is 3.53. The van der Waals surface area contributed by atoms with E-state index in [0.717, 1.165) is 11.3 Å². The molecule has 0 bridgehead atoms. The molecule has 0 fully saturated rings. The quantitative estimate of drug-likeness (QED) is 0.657. The lowest BCUT2D eigenvalue weighted by Gasteiger charge is -2.09. The summed E-state index contributed by atoms with van der Waals surface area (Å²) in [7, 11) is 1.66. The van der Waals surface area contributed by atoms with E-state index in [9.17, 15) is 10.1 Å². The second-order valence-corrected chi connectivity index (χ2v) is 4.33. The van der Waals surface area contributed by atoms with Gasteiger partial charge in [0.05, 0.1) is 4.92 Å². The molecule has 0 unspecified atom stereocenters. The van der Waals surface area contributed by atoms with Gasteiger partial charge in [-0.3, -0.25) is 10.1 Å². The summed E-state index contributed by atoms with van der Waals surface area (Å²) in [6, 6.07) is 7.54. The predicted octanol–water partition coefficient (Wildman–Crippen LogP) is 2.79.